The summed E-state index contributed by atoms with van der Waals surface area (Å²) < 4.78 is 0. The third kappa shape index (κ3) is 0.926. The Bertz CT molecular complexity index is 356. The minimum atomic E-state index is -0.0776. The van der Waals surface area contributed by atoms with E-state index in [-0.39, 0.29) is 10.8 Å². The van der Waals surface area contributed by atoms with Crippen molar-refractivity contribution in [3.63, 3.8) is 0 Å². The number of Topliss-reactive ketones (excluding diaryl/α,β-unsaturated/α-hetero) is 1. The zero-order valence-electron chi connectivity index (χ0n) is 11.1. The van der Waals surface area contributed by atoms with E-state index in [4.69, 9.17) is 0 Å². The standard InChI is InChI=1S/C15H24O/c1-10-5-8-15(9-11(10)15)14(4)7-6-12(16)13(14,2)3/h10-11H,5-9H2,1-4H3. The molecule has 0 aliphatic heterocycles. The molecule has 0 radical (unpaired) electrons. The summed E-state index contributed by atoms with van der Waals surface area (Å²) >= 11 is 0. The van der Waals surface area contributed by atoms with Crippen molar-refractivity contribution < 1.29 is 4.79 Å². The van der Waals surface area contributed by atoms with Crippen molar-refractivity contribution in [2.45, 2.75) is 59.8 Å². The highest BCUT2D eigenvalue weighted by atomic mass is 16.1. The van der Waals surface area contributed by atoms with Gasteiger partial charge in [-0.25, -0.2) is 0 Å². The Kier molecular flexibility index (Phi) is 1.85. The Morgan fingerprint density at radius 2 is 1.88 bits per heavy atom. The van der Waals surface area contributed by atoms with Crippen molar-refractivity contribution in [3.05, 3.63) is 0 Å². The maximum Gasteiger partial charge on any atom is 0.139 e. The molecule has 0 N–H and O–H groups in total. The monoisotopic (exact) mass is 220 g/mol. The summed E-state index contributed by atoms with van der Waals surface area (Å²) in [6, 6.07) is 0. The third-order valence-electron chi connectivity index (χ3n) is 6.89. The number of ketones is 1. The Morgan fingerprint density at radius 1 is 1.19 bits per heavy atom. The first kappa shape index (κ1) is 10.8. The first-order valence-corrected chi connectivity index (χ1v) is 6.88. The molecule has 4 unspecified atom stereocenters. The van der Waals surface area contributed by atoms with Gasteiger partial charge in [0.05, 0.1) is 0 Å². The molecule has 0 amide bonds. The predicted octanol–water partition coefficient (Wildman–Crippen LogP) is 3.82. The Labute approximate surface area is 99.0 Å². The van der Waals surface area contributed by atoms with Gasteiger partial charge in [0.25, 0.3) is 0 Å². The van der Waals surface area contributed by atoms with Crippen LogP contribution in [0, 0.1) is 28.1 Å². The molecule has 3 rings (SSSR count). The van der Waals surface area contributed by atoms with Crippen molar-refractivity contribution >= 4 is 5.78 Å². The predicted molar refractivity (Wildman–Crippen MR) is 65.1 cm³/mol. The number of fused-ring (bicyclic) bond motifs is 1. The molecule has 3 aliphatic rings. The molecule has 0 heterocycles. The minimum Gasteiger partial charge on any atom is -0.299 e. The van der Waals surface area contributed by atoms with E-state index in [2.05, 4.69) is 27.7 Å². The van der Waals surface area contributed by atoms with E-state index in [1.54, 1.807) is 0 Å². The van der Waals surface area contributed by atoms with Crippen LogP contribution in [0.3, 0.4) is 0 Å². The fourth-order valence-corrected chi connectivity index (χ4v) is 5.13. The van der Waals surface area contributed by atoms with Gasteiger partial charge in [-0.05, 0) is 48.3 Å². The molecule has 3 aliphatic carbocycles. The second kappa shape index (κ2) is 2.73. The summed E-state index contributed by atoms with van der Waals surface area (Å²) in [5.74, 6) is 2.35. The Hall–Kier alpha value is -0.330. The molecule has 90 valence electrons. The number of rotatable bonds is 1. The van der Waals surface area contributed by atoms with E-state index in [1.165, 1.54) is 19.3 Å². The van der Waals surface area contributed by atoms with Crippen LogP contribution in [0.2, 0.25) is 0 Å². The van der Waals surface area contributed by atoms with Gasteiger partial charge < -0.3 is 0 Å². The number of hydrogen-bond acceptors (Lipinski definition) is 1. The fourth-order valence-electron chi connectivity index (χ4n) is 5.13. The average Bonchev–Trinajstić information content (AvgIpc) is 2.84. The van der Waals surface area contributed by atoms with Crippen LogP contribution in [-0.2, 0) is 4.79 Å². The van der Waals surface area contributed by atoms with E-state index in [0.717, 1.165) is 24.7 Å². The lowest BCUT2D eigenvalue weighted by molar-refractivity contribution is -0.129. The van der Waals surface area contributed by atoms with Gasteiger partial charge in [-0.3, -0.25) is 4.79 Å². The lowest BCUT2D eigenvalue weighted by atomic mass is 9.59. The average molecular weight is 220 g/mol. The van der Waals surface area contributed by atoms with E-state index in [1.807, 2.05) is 0 Å². The number of carbonyl (C=O) groups excluding carboxylic acids is 1. The zero-order chi connectivity index (χ0) is 11.8. The summed E-state index contributed by atoms with van der Waals surface area (Å²) in [5, 5.41) is 0. The highest BCUT2D eigenvalue weighted by Crippen LogP contribution is 2.79. The molecule has 0 spiro atoms. The van der Waals surface area contributed by atoms with Crippen molar-refractivity contribution in [1.82, 2.24) is 0 Å². The first-order chi connectivity index (χ1) is 7.35. The van der Waals surface area contributed by atoms with Crippen LogP contribution in [0.15, 0.2) is 0 Å². The van der Waals surface area contributed by atoms with Gasteiger partial charge in [0.15, 0.2) is 0 Å². The molecule has 4 atom stereocenters. The fraction of sp³-hybridized carbons (Fsp3) is 0.933. The molecule has 0 aromatic rings. The maximum atomic E-state index is 12.1. The third-order valence-corrected chi connectivity index (χ3v) is 6.89. The molecule has 3 saturated carbocycles. The van der Waals surface area contributed by atoms with Gasteiger partial charge in [0.2, 0.25) is 0 Å². The molecule has 0 aromatic heterocycles. The lowest BCUT2D eigenvalue weighted by Gasteiger charge is -2.44. The van der Waals surface area contributed by atoms with Gasteiger partial charge >= 0.3 is 0 Å². The lowest BCUT2D eigenvalue weighted by Crippen LogP contribution is -2.41. The van der Waals surface area contributed by atoms with Crippen LogP contribution in [0.25, 0.3) is 0 Å². The minimum absolute atomic E-state index is 0.0776. The van der Waals surface area contributed by atoms with Crippen molar-refractivity contribution in [2.24, 2.45) is 28.1 Å². The van der Waals surface area contributed by atoms with Crippen LogP contribution >= 0.6 is 0 Å². The molecule has 3 fully saturated rings. The van der Waals surface area contributed by atoms with Crippen molar-refractivity contribution in [2.75, 3.05) is 0 Å². The van der Waals surface area contributed by atoms with Gasteiger partial charge in [0.1, 0.15) is 5.78 Å². The second-order valence-corrected chi connectivity index (χ2v) is 7.36. The summed E-state index contributed by atoms with van der Waals surface area (Å²) in [6.45, 7) is 9.23. The van der Waals surface area contributed by atoms with Gasteiger partial charge in [-0.15, -0.1) is 0 Å². The smallest absolute Gasteiger partial charge is 0.139 e. The summed E-state index contributed by atoms with van der Waals surface area (Å²) in [5.41, 5.74) is 0.750. The van der Waals surface area contributed by atoms with Crippen LogP contribution in [0.5, 0.6) is 0 Å². The van der Waals surface area contributed by atoms with Crippen LogP contribution in [0.1, 0.15) is 59.8 Å². The highest BCUT2D eigenvalue weighted by molar-refractivity contribution is 5.87. The quantitative estimate of drug-likeness (QED) is 0.656. The number of carbonyl (C=O) groups is 1. The SMILES string of the molecule is CC1CCC2(C3(C)CCC(=O)C3(C)C)CC12. The zero-order valence-corrected chi connectivity index (χ0v) is 11.1. The van der Waals surface area contributed by atoms with Gasteiger partial charge in [0, 0.05) is 11.8 Å². The number of hydrogen-bond donors (Lipinski definition) is 0. The molecule has 1 heteroatoms. The second-order valence-electron chi connectivity index (χ2n) is 7.36. The Morgan fingerprint density at radius 3 is 2.25 bits per heavy atom. The normalized spacial score (nSPS) is 54.1. The van der Waals surface area contributed by atoms with E-state index in [9.17, 15) is 4.79 Å². The summed E-state index contributed by atoms with van der Waals surface area (Å²) in [7, 11) is 0. The summed E-state index contributed by atoms with van der Waals surface area (Å²) in [6.07, 6.45) is 6.15. The molecule has 0 aromatic carbocycles. The van der Waals surface area contributed by atoms with Crippen LogP contribution < -0.4 is 0 Å². The van der Waals surface area contributed by atoms with E-state index >= 15 is 0 Å². The topological polar surface area (TPSA) is 17.1 Å². The van der Waals surface area contributed by atoms with E-state index in [0.29, 0.717) is 11.2 Å². The van der Waals surface area contributed by atoms with Crippen molar-refractivity contribution in [1.29, 1.82) is 0 Å². The molecule has 0 saturated heterocycles. The van der Waals surface area contributed by atoms with Crippen LogP contribution in [0.4, 0.5) is 0 Å². The molecule has 0 bridgehead atoms. The Balaban J connectivity index is 1.99. The largest absolute Gasteiger partial charge is 0.299 e. The summed E-state index contributed by atoms with van der Waals surface area (Å²) in [4.78, 5) is 12.1. The first-order valence-electron chi connectivity index (χ1n) is 6.88. The molecule has 1 nitrogen and oxygen atoms in total. The van der Waals surface area contributed by atoms with E-state index < -0.39 is 0 Å². The molecular weight excluding hydrogens is 196 g/mol. The molecule has 16 heavy (non-hydrogen) atoms. The van der Waals surface area contributed by atoms with Crippen molar-refractivity contribution in [3.8, 4) is 0 Å². The molecular formula is C15H24O. The highest BCUT2D eigenvalue weighted by Gasteiger charge is 2.73. The maximum absolute atomic E-state index is 12.1. The van der Waals surface area contributed by atoms with Gasteiger partial charge in [-0.1, -0.05) is 27.7 Å². The van der Waals surface area contributed by atoms with Crippen LogP contribution in [-0.4, -0.2) is 5.78 Å². The van der Waals surface area contributed by atoms with Gasteiger partial charge in [-0.2, -0.15) is 0 Å².